The Morgan fingerprint density at radius 1 is 1.07 bits per heavy atom. The van der Waals surface area contributed by atoms with E-state index in [1.54, 1.807) is 18.3 Å². The molecule has 4 aliphatic heterocycles. The molecule has 210 valence electrons. The number of aliphatic hydroxyl groups is 2. The molecule has 3 fully saturated rings. The summed E-state index contributed by atoms with van der Waals surface area (Å²) in [5.74, 6) is 1.10. The number of aliphatic hydroxyl groups excluding tert-OH is 2. The van der Waals surface area contributed by atoms with E-state index in [1.165, 1.54) is 16.8 Å². The van der Waals surface area contributed by atoms with Gasteiger partial charge in [0, 0.05) is 36.4 Å². The Balaban J connectivity index is 1.02. The summed E-state index contributed by atoms with van der Waals surface area (Å²) in [6.07, 6.45) is 0.578. The number of hydrogen-bond acceptors (Lipinski definition) is 9. The summed E-state index contributed by atoms with van der Waals surface area (Å²) in [5.41, 5.74) is 2.09. The quantitative estimate of drug-likeness (QED) is 0.472. The van der Waals surface area contributed by atoms with Gasteiger partial charge in [-0.05, 0) is 37.1 Å². The van der Waals surface area contributed by atoms with Crippen LogP contribution in [0, 0.1) is 5.82 Å². The highest BCUT2D eigenvalue weighted by molar-refractivity contribution is 5.78. The van der Waals surface area contributed by atoms with Gasteiger partial charge in [0.15, 0.2) is 11.5 Å². The minimum atomic E-state index is -1.04. The molecule has 2 aromatic carbocycles. The Labute approximate surface area is 229 Å². The van der Waals surface area contributed by atoms with E-state index in [0.29, 0.717) is 24.2 Å². The maximum Gasteiger partial charge on any atom is 0.231 e. The molecule has 12 heteroatoms. The van der Waals surface area contributed by atoms with Crippen LogP contribution in [0.2, 0.25) is 0 Å². The number of carbonyl (C=O) groups is 1. The summed E-state index contributed by atoms with van der Waals surface area (Å²) in [5, 5.41) is 29.1. The fourth-order valence-electron chi connectivity index (χ4n) is 6.47. The van der Waals surface area contributed by atoms with Crippen LogP contribution in [0.5, 0.6) is 11.5 Å². The third-order valence-electron chi connectivity index (χ3n) is 8.45. The van der Waals surface area contributed by atoms with Crippen LogP contribution in [0.3, 0.4) is 0 Å². The average molecular weight is 552 g/mol. The molecule has 0 saturated carbocycles. The van der Waals surface area contributed by atoms with Gasteiger partial charge in [-0.15, -0.1) is 5.10 Å². The molecule has 7 rings (SSSR count). The van der Waals surface area contributed by atoms with E-state index in [2.05, 4.69) is 15.2 Å². The van der Waals surface area contributed by atoms with Crippen molar-refractivity contribution in [2.75, 3.05) is 31.4 Å². The van der Waals surface area contributed by atoms with Crippen LogP contribution in [0.1, 0.15) is 25.3 Å². The molecule has 3 saturated heterocycles. The molecule has 0 spiro atoms. The Morgan fingerprint density at radius 2 is 1.95 bits per heavy atom. The van der Waals surface area contributed by atoms with Gasteiger partial charge in [-0.25, -0.2) is 9.07 Å². The first-order valence-electron chi connectivity index (χ1n) is 13.5. The first-order valence-corrected chi connectivity index (χ1v) is 13.5. The Kier molecular flexibility index (Phi) is 6.32. The van der Waals surface area contributed by atoms with Crippen LogP contribution in [-0.2, 0) is 9.53 Å². The highest BCUT2D eigenvalue weighted by atomic mass is 19.1. The minimum absolute atomic E-state index is 0.00583. The van der Waals surface area contributed by atoms with E-state index in [-0.39, 0.29) is 37.0 Å². The van der Waals surface area contributed by atoms with E-state index in [0.717, 1.165) is 30.2 Å². The molecule has 0 radical (unpaired) electrons. The van der Waals surface area contributed by atoms with Crippen molar-refractivity contribution in [1.29, 1.82) is 0 Å². The van der Waals surface area contributed by atoms with Crippen molar-refractivity contribution in [2.24, 2.45) is 0 Å². The van der Waals surface area contributed by atoms with Crippen LogP contribution < -0.4 is 14.4 Å². The molecule has 2 bridgehead atoms. The zero-order chi connectivity index (χ0) is 27.4. The first-order chi connectivity index (χ1) is 19.5. The number of halogens is 1. The summed E-state index contributed by atoms with van der Waals surface area (Å²) in [6.45, 7) is 1.20. The molecule has 40 heavy (non-hydrogen) atoms. The lowest BCUT2D eigenvalue weighted by Crippen LogP contribution is -2.51. The van der Waals surface area contributed by atoms with Crippen LogP contribution >= 0.6 is 0 Å². The van der Waals surface area contributed by atoms with Crippen LogP contribution in [0.4, 0.5) is 10.1 Å². The van der Waals surface area contributed by atoms with Crippen molar-refractivity contribution in [2.45, 2.75) is 55.7 Å². The standard InChI is InChI=1S/C28H30FN5O6/c29-17-3-1-2-16(6-17)22-13-34(31-30-22)23-9-21(40-26(14-35)28(23)37)10-27(36)33-12-19-7-20(33)11-32(19)18-4-5-24-25(8-18)39-15-38-24/h1-6,8,13,19-21,23,26,28,35,37H,7,9-12,14-15H2/t19-,20-,21?,23?,26?,28?/m0/s1. The van der Waals surface area contributed by atoms with E-state index in [9.17, 15) is 19.4 Å². The Bertz CT molecular complexity index is 1420. The van der Waals surface area contributed by atoms with Crippen molar-refractivity contribution in [1.82, 2.24) is 19.9 Å². The van der Waals surface area contributed by atoms with E-state index in [4.69, 9.17) is 14.2 Å². The Hall–Kier alpha value is -3.74. The van der Waals surface area contributed by atoms with Crippen molar-refractivity contribution >= 4 is 11.6 Å². The number of fused-ring (bicyclic) bond motifs is 3. The third kappa shape index (κ3) is 4.45. The second-order valence-corrected chi connectivity index (χ2v) is 10.9. The molecule has 11 nitrogen and oxygen atoms in total. The van der Waals surface area contributed by atoms with Crippen LogP contribution in [0.25, 0.3) is 11.3 Å². The fourth-order valence-corrected chi connectivity index (χ4v) is 6.47. The van der Waals surface area contributed by atoms with Gasteiger partial charge < -0.3 is 34.2 Å². The van der Waals surface area contributed by atoms with Crippen molar-refractivity contribution in [3.8, 4) is 22.8 Å². The summed E-state index contributed by atoms with van der Waals surface area (Å²) in [4.78, 5) is 17.7. The number of amides is 1. The average Bonchev–Trinajstić information content (AvgIpc) is 3.77. The first kappa shape index (κ1) is 25.2. The number of anilines is 1. The topological polar surface area (TPSA) is 122 Å². The normalized spacial score (nSPS) is 28.9. The number of likely N-dealkylation sites (tertiary alicyclic amines) is 1. The lowest BCUT2D eigenvalue weighted by molar-refractivity contribution is -0.165. The monoisotopic (exact) mass is 551 g/mol. The number of carbonyl (C=O) groups excluding carboxylic acids is 1. The van der Waals surface area contributed by atoms with Gasteiger partial charge in [0.05, 0.1) is 37.4 Å². The second-order valence-electron chi connectivity index (χ2n) is 10.9. The highest BCUT2D eigenvalue weighted by Gasteiger charge is 2.47. The summed E-state index contributed by atoms with van der Waals surface area (Å²) < 4.78 is 32.1. The maximum atomic E-state index is 13.7. The highest BCUT2D eigenvalue weighted by Crippen LogP contribution is 2.41. The predicted octanol–water partition coefficient (Wildman–Crippen LogP) is 1.74. The molecular weight excluding hydrogens is 521 g/mol. The molecule has 5 heterocycles. The van der Waals surface area contributed by atoms with E-state index >= 15 is 0 Å². The largest absolute Gasteiger partial charge is 0.454 e. The number of benzene rings is 2. The molecule has 2 N–H and O–H groups in total. The van der Waals surface area contributed by atoms with Crippen molar-refractivity contribution < 1.29 is 33.6 Å². The number of hydrogen-bond donors (Lipinski definition) is 2. The lowest BCUT2D eigenvalue weighted by atomic mass is 9.93. The lowest BCUT2D eigenvalue weighted by Gasteiger charge is -2.40. The summed E-state index contributed by atoms with van der Waals surface area (Å²) in [6, 6.07) is 11.7. The van der Waals surface area contributed by atoms with Crippen molar-refractivity contribution in [3.63, 3.8) is 0 Å². The van der Waals surface area contributed by atoms with Gasteiger partial charge in [-0.1, -0.05) is 17.3 Å². The van der Waals surface area contributed by atoms with Gasteiger partial charge in [0.25, 0.3) is 0 Å². The Morgan fingerprint density at radius 3 is 2.75 bits per heavy atom. The molecule has 1 aromatic heterocycles. The smallest absolute Gasteiger partial charge is 0.231 e. The van der Waals surface area contributed by atoms with Gasteiger partial charge in [0.2, 0.25) is 12.7 Å². The zero-order valence-electron chi connectivity index (χ0n) is 21.7. The van der Waals surface area contributed by atoms with Gasteiger partial charge in [0.1, 0.15) is 23.7 Å². The maximum absolute atomic E-state index is 13.7. The molecular formula is C28H30FN5O6. The SMILES string of the molecule is O=C(CC1CC(n2cc(-c3cccc(F)c3)nn2)C(O)C(CO)O1)N1C[C@@H]2C[C@H]1CN2c1ccc2c(c1)OCO2. The van der Waals surface area contributed by atoms with Gasteiger partial charge in [-0.3, -0.25) is 4.79 Å². The van der Waals surface area contributed by atoms with Crippen LogP contribution in [-0.4, -0.2) is 92.9 Å². The molecule has 1 amide bonds. The van der Waals surface area contributed by atoms with Crippen molar-refractivity contribution in [3.05, 3.63) is 54.5 Å². The van der Waals surface area contributed by atoms with E-state index < -0.39 is 31.0 Å². The minimum Gasteiger partial charge on any atom is -0.454 e. The molecule has 4 unspecified atom stereocenters. The van der Waals surface area contributed by atoms with Gasteiger partial charge >= 0.3 is 0 Å². The second kappa shape index (κ2) is 10.0. The number of nitrogens with zero attached hydrogens (tertiary/aromatic N) is 5. The molecule has 3 aromatic rings. The zero-order valence-corrected chi connectivity index (χ0v) is 21.7. The van der Waals surface area contributed by atoms with E-state index in [1.807, 2.05) is 23.1 Å². The summed E-state index contributed by atoms with van der Waals surface area (Å²) >= 11 is 0. The predicted molar refractivity (Wildman–Crippen MR) is 139 cm³/mol. The molecule has 6 atom stereocenters. The molecule has 0 aliphatic carbocycles. The van der Waals surface area contributed by atoms with Gasteiger partial charge in [-0.2, -0.15) is 0 Å². The number of piperazine rings is 1. The summed E-state index contributed by atoms with van der Waals surface area (Å²) in [7, 11) is 0. The van der Waals surface area contributed by atoms with Crippen LogP contribution in [0.15, 0.2) is 48.7 Å². The number of aromatic nitrogens is 3. The number of rotatable bonds is 6. The fraction of sp³-hybridized carbons (Fsp3) is 0.464. The number of ether oxygens (including phenoxy) is 3. The third-order valence-corrected chi connectivity index (χ3v) is 8.45. The molecule has 4 aliphatic rings.